The Labute approximate surface area is 132 Å². The minimum absolute atomic E-state index is 0.0460. The normalized spacial score (nSPS) is 17.8. The van der Waals surface area contributed by atoms with E-state index in [1.54, 1.807) is 0 Å². The Morgan fingerprint density at radius 2 is 2.00 bits per heavy atom. The van der Waals surface area contributed by atoms with Gasteiger partial charge in [-0.25, -0.2) is 17.9 Å². The van der Waals surface area contributed by atoms with Crippen molar-refractivity contribution in [2.24, 2.45) is 5.92 Å². The predicted octanol–water partition coefficient (Wildman–Crippen LogP) is 3.00. The van der Waals surface area contributed by atoms with Crippen LogP contribution in [0.5, 0.6) is 0 Å². The fourth-order valence-electron chi connectivity index (χ4n) is 2.71. The van der Waals surface area contributed by atoms with Crippen LogP contribution in [0.15, 0.2) is 27.6 Å². The second kappa shape index (κ2) is 6.46. The molecule has 1 aliphatic carbocycles. The van der Waals surface area contributed by atoms with E-state index in [4.69, 9.17) is 5.11 Å². The number of carboxylic acids is 1. The molecule has 7 heteroatoms. The van der Waals surface area contributed by atoms with Crippen LogP contribution in [0.4, 0.5) is 0 Å². The maximum atomic E-state index is 12.4. The summed E-state index contributed by atoms with van der Waals surface area (Å²) in [5, 5.41) is 8.91. The third-order valence-electron chi connectivity index (χ3n) is 3.92. The van der Waals surface area contributed by atoms with Gasteiger partial charge in [0.15, 0.2) is 0 Å². The maximum Gasteiger partial charge on any atom is 0.335 e. The van der Waals surface area contributed by atoms with Crippen LogP contribution in [0.2, 0.25) is 0 Å². The highest BCUT2D eigenvalue weighted by atomic mass is 79.9. The Bertz CT molecular complexity index is 638. The molecule has 1 saturated carbocycles. The number of carbonyl (C=O) groups is 1. The predicted molar refractivity (Wildman–Crippen MR) is 82.8 cm³/mol. The summed E-state index contributed by atoms with van der Waals surface area (Å²) >= 11 is 3.14. The van der Waals surface area contributed by atoms with Crippen molar-refractivity contribution in [1.82, 2.24) is 4.72 Å². The lowest BCUT2D eigenvalue weighted by Crippen LogP contribution is -2.37. The van der Waals surface area contributed by atoms with Gasteiger partial charge in [-0.05, 0) is 59.8 Å². The molecule has 0 radical (unpaired) electrons. The van der Waals surface area contributed by atoms with E-state index in [0.717, 1.165) is 25.7 Å². The molecule has 1 aromatic rings. The van der Waals surface area contributed by atoms with Gasteiger partial charge in [-0.2, -0.15) is 0 Å². The molecular formula is C14H18BrNO4S. The summed E-state index contributed by atoms with van der Waals surface area (Å²) in [7, 11) is -3.66. The smallest absolute Gasteiger partial charge is 0.335 e. The Balaban J connectivity index is 2.21. The molecule has 2 rings (SSSR count). The number of nitrogens with one attached hydrogen (secondary N) is 1. The van der Waals surface area contributed by atoms with Crippen LogP contribution in [0.25, 0.3) is 0 Å². The summed E-state index contributed by atoms with van der Waals surface area (Å²) in [5.74, 6) is -0.719. The molecule has 5 nitrogen and oxygen atoms in total. The molecule has 0 aromatic heterocycles. The van der Waals surface area contributed by atoms with Gasteiger partial charge in [0.1, 0.15) is 0 Å². The SMILES string of the molecule is CC(NS(=O)(=O)c1ccc(C(=O)O)cc1Br)C1CCCC1. The first kappa shape index (κ1) is 16.5. The monoisotopic (exact) mass is 375 g/mol. The summed E-state index contributed by atoms with van der Waals surface area (Å²) in [6.07, 6.45) is 4.38. The molecule has 0 spiro atoms. The second-order valence-corrected chi connectivity index (χ2v) is 7.94. The van der Waals surface area contributed by atoms with Crippen LogP contribution in [0.1, 0.15) is 43.0 Å². The highest BCUT2D eigenvalue weighted by molar-refractivity contribution is 9.10. The molecule has 1 aromatic carbocycles. The van der Waals surface area contributed by atoms with Crippen molar-refractivity contribution in [3.8, 4) is 0 Å². The summed E-state index contributed by atoms with van der Waals surface area (Å²) in [6, 6.07) is 3.79. The molecule has 0 aliphatic heterocycles. The first-order valence-electron chi connectivity index (χ1n) is 6.86. The second-order valence-electron chi connectivity index (χ2n) is 5.40. The van der Waals surface area contributed by atoms with Crippen molar-refractivity contribution in [3.05, 3.63) is 28.2 Å². The molecule has 1 atom stereocenters. The molecule has 1 fully saturated rings. The number of sulfonamides is 1. The van der Waals surface area contributed by atoms with E-state index in [-0.39, 0.29) is 21.0 Å². The zero-order valence-electron chi connectivity index (χ0n) is 11.7. The van der Waals surface area contributed by atoms with E-state index in [0.29, 0.717) is 5.92 Å². The molecule has 1 aliphatic rings. The van der Waals surface area contributed by atoms with Gasteiger partial charge in [0.05, 0.1) is 10.5 Å². The number of hydrogen-bond acceptors (Lipinski definition) is 3. The lowest BCUT2D eigenvalue weighted by molar-refractivity contribution is 0.0696. The zero-order chi connectivity index (χ0) is 15.6. The van der Waals surface area contributed by atoms with Crippen LogP contribution in [0.3, 0.4) is 0 Å². The fraction of sp³-hybridized carbons (Fsp3) is 0.500. The van der Waals surface area contributed by atoms with Gasteiger partial charge in [-0.3, -0.25) is 0 Å². The number of hydrogen-bond donors (Lipinski definition) is 2. The van der Waals surface area contributed by atoms with Gasteiger partial charge >= 0.3 is 5.97 Å². The van der Waals surface area contributed by atoms with Crippen LogP contribution in [0, 0.1) is 5.92 Å². The Morgan fingerprint density at radius 1 is 1.38 bits per heavy atom. The number of rotatable bonds is 5. The lowest BCUT2D eigenvalue weighted by atomic mass is 10.0. The molecule has 0 saturated heterocycles. The largest absolute Gasteiger partial charge is 0.478 e. The summed E-state index contributed by atoms with van der Waals surface area (Å²) in [6.45, 7) is 1.88. The van der Waals surface area contributed by atoms with Crippen LogP contribution >= 0.6 is 15.9 Å². The Morgan fingerprint density at radius 3 is 2.52 bits per heavy atom. The minimum atomic E-state index is -3.66. The fourth-order valence-corrected chi connectivity index (χ4v) is 5.10. The van der Waals surface area contributed by atoms with Crippen molar-refractivity contribution in [2.45, 2.75) is 43.5 Å². The van der Waals surface area contributed by atoms with Gasteiger partial charge in [-0.1, -0.05) is 12.8 Å². The average molecular weight is 376 g/mol. The number of carboxylic acid groups (broad SMARTS) is 1. The van der Waals surface area contributed by atoms with E-state index in [1.807, 2.05) is 6.92 Å². The number of aromatic carboxylic acids is 1. The van der Waals surface area contributed by atoms with E-state index in [1.165, 1.54) is 18.2 Å². The Hall–Kier alpha value is -0.920. The van der Waals surface area contributed by atoms with E-state index < -0.39 is 16.0 Å². The quantitative estimate of drug-likeness (QED) is 0.828. The van der Waals surface area contributed by atoms with Gasteiger partial charge in [0, 0.05) is 10.5 Å². The summed E-state index contributed by atoms with van der Waals surface area (Å²) < 4.78 is 27.8. The summed E-state index contributed by atoms with van der Waals surface area (Å²) in [5.41, 5.74) is 0.0460. The lowest BCUT2D eigenvalue weighted by Gasteiger charge is -2.20. The minimum Gasteiger partial charge on any atom is -0.478 e. The third-order valence-corrected chi connectivity index (χ3v) is 6.45. The van der Waals surface area contributed by atoms with Crippen molar-refractivity contribution in [2.75, 3.05) is 0 Å². The van der Waals surface area contributed by atoms with E-state index in [9.17, 15) is 13.2 Å². The molecule has 116 valence electrons. The van der Waals surface area contributed by atoms with Crippen LogP contribution < -0.4 is 4.72 Å². The molecule has 21 heavy (non-hydrogen) atoms. The zero-order valence-corrected chi connectivity index (χ0v) is 14.1. The molecule has 0 heterocycles. The number of benzene rings is 1. The Kier molecular flexibility index (Phi) is 5.06. The van der Waals surface area contributed by atoms with Crippen molar-refractivity contribution in [1.29, 1.82) is 0 Å². The topological polar surface area (TPSA) is 83.5 Å². The van der Waals surface area contributed by atoms with E-state index >= 15 is 0 Å². The summed E-state index contributed by atoms with van der Waals surface area (Å²) in [4.78, 5) is 10.9. The number of halogens is 1. The van der Waals surface area contributed by atoms with E-state index in [2.05, 4.69) is 20.7 Å². The van der Waals surface area contributed by atoms with Crippen LogP contribution in [-0.2, 0) is 10.0 Å². The van der Waals surface area contributed by atoms with Gasteiger partial charge in [0.2, 0.25) is 10.0 Å². The third kappa shape index (κ3) is 3.84. The van der Waals surface area contributed by atoms with Crippen molar-refractivity contribution >= 4 is 31.9 Å². The van der Waals surface area contributed by atoms with Crippen molar-refractivity contribution < 1.29 is 18.3 Å². The molecule has 1 unspecified atom stereocenters. The van der Waals surface area contributed by atoms with Gasteiger partial charge in [0.25, 0.3) is 0 Å². The maximum absolute atomic E-state index is 12.4. The molecule has 0 amide bonds. The van der Waals surface area contributed by atoms with Crippen LogP contribution in [-0.4, -0.2) is 25.5 Å². The standard InChI is InChI=1S/C14H18BrNO4S/c1-9(10-4-2-3-5-10)16-21(19,20)13-7-6-11(14(17)18)8-12(13)15/h6-10,16H,2-5H2,1H3,(H,17,18). The first-order valence-corrected chi connectivity index (χ1v) is 9.14. The molecule has 0 bridgehead atoms. The molecular weight excluding hydrogens is 358 g/mol. The van der Waals surface area contributed by atoms with Gasteiger partial charge in [-0.15, -0.1) is 0 Å². The van der Waals surface area contributed by atoms with Gasteiger partial charge < -0.3 is 5.11 Å². The highest BCUT2D eigenvalue weighted by Crippen LogP contribution is 2.29. The first-order chi connectivity index (χ1) is 9.81. The molecule has 2 N–H and O–H groups in total. The highest BCUT2D eigenvalue weighted by Gasteiger charge is 2.27. The average Bonchev–Trinajstić information content (AvgIpc) is 2.91. The van der Waals surface area contributed by atoms with Crippen molar-refractivity contribution in [3.63, 3.8) is 0 Å².